The van der Waals surface area contributed by atoms with E-state index in [2.05, 4.69) is 40.7 Å². The van der Waals surface area contributed by atoms with Crippen LogP contribution in [0.3, 0.4) is 0 Å². The second kappa shape index (κ2) is 5.34. The van der Waals surface area contributed by atoms with Gasteiger partial charge in [-0.25, -0.2) is 0 Å². The molecule has 1 N–H and O–H groups in total. The van der Waals surface area contributed by atoms with Crippen LogP contribution in [-0.4, -0.2) is 22.4 Å². The molecule has 2 heteroatoms. The molecule has 3 rings (SSSR count). The van der Waals surface area contributed by atoms with E-state index in [1.165, 1.54) is 37.7 Å². The molecule has 2 nitrogen and oxygen atoms in total. The highest BCUT2D eigenvalue weighted by molar-refractivity contribution is 5.10. The van der Waals surface area contributed by atoms with Crippen LogP contribution < -0.4 is 0 Å². The van der Waals surface area contributed by atoms with Gasteiger partial charge in [-0.15, -0.1) is 0 Å². The molecule has 0 aromatic rings. The molecule has 1 heterocycles. The summed E-state index contributed by atoms with van der Waals surface area (Å²) in [6, 6.07) is 0. The Balaban J connectivity index is 1.74. The maximum atomic E-state index is 10.9. The van der Waals surface area contributed by atoms with E-state index in [4.69, 9.17) is 4.74 Å². The first-order valence-corrected chi connectivity index (χ1v) is 9.20. The van der Waals surface area contributed by atoms with E-state index in [0.717, 1.165) is 12.8 Å². The molecule has 126 valence electrons. The fraction of sp³-hybridized carbons (Fsp3) is 0.900. The minimum absolute atomic E-state index is 0.0928. The third-order valence-electron chi connectivity index (χ3n) is 6.89. The molecule has 6 atom stereocenters. The molecule has 0 unspecified atom stereocenters. The van der Waals surface area contributed by atoms with Gasteiger partial charge in [-0.1, -0.05) is 18.6 Å². The van der Waals surface area contributed by atoms with Crippen molar-refractivity contribution < 1.29 is 9.84 Å². The fourth-order valence-corrected chi connectivity index (χ4v) is 4.86. The van der Waals surface area contributed by atoms with Crippen LogP contribution in [0.1, 0.15) is 79.6 Å². The van der Waals surface area contributed by atoms with E-state index in [-0.39, 0.29) is 5.60 Å². The molecule has 0 amide bonds. The van der Waals surface area contributed by atoms with Gasteiger partial charge in [0.05, 0.1) is 17.3 Å². The van der Waals surface area contributed by atoms with Crippen molar-refractivity contribution >= 4 is 0 Å². The van der Waals surface area contributed by atoms with Gasteiger partial charge in [-0.2, -0.15) is 0 Å². The zero-order valence-electron chi connectivity index (χ0n) is 15.1. The van der Waals surface area contributed by atoms with Crippen molar-refractivity contribution in [2.75, 3.05) is 0 Å². The molecule has 0 aromatic carbocycles. The van der Waals surface area contributed by atoms with Crippen LogP contribution in [0.25, 0.3) is 0 Å². The molecule has 0 radical (unpaired) electrons. The second-order valence-corrected chi connectivity index (χ2v) is 9.24. The molecule has 0 spiro atoms. The number of rotatable bonds is 3. The molecule has 0 aromatic heterocycles. The van der Waals surface area contributed by atoms with Crippen molar-refractivity contribution in [2.45, 2.75) is 96.9 Å². The Morgan fingerprint density at radius 1 is 1.14 bits per heavy atom. The van der Waals surface area contributed by atoms with Crippen molar-refractivity contribution in [3.63, 3.8) is 0 Å². The summed E-state index contributed by atoms with van der Waals surface area (Å²) >= 11 is 0. The van der Waals surface area contributed by atoms with Gasteiger partial charge in [-0.05, 0) is 89.9 Å². The van der Waals surface area contributed by atoms with Crippen molar-refractivity contribution in [2.24, 2.45) is 17.3 Å². The summed E-state index contributed by atoms with van der Waals surface area (Å²) in [5, 5.41) is 10.9. The van der Waals surface area contributed by atoms with E-state index in [1.54, 1.807) is 0 Å². The van der Waals surface area contributed by atoms with Gasteiger partial charge in [0, 0.05) is 0 Å². The van der Waals surface area contributed by atoms with E-state index in [9.17, 15) is 5.11 Å². The topological polar surface area (TPSA) is 32.8 Å². The summed E-state index contributed by atoms with van der Waals surface area (Å²) in [4.78, 5) is 0. The largest absolute Gasteiger partial charge is 0.390 e. The Morgan fingerprint density at radius 2 is 1.86 bits per heavy atom. The lowest BCUT2D eigenvalue weighted by molar-refractivity contribution is 0.00753. The maximum absolute atomic E-state index is 10.9. The Kier molecular flexibility index (Phi) is 4.01. The first kappa shape index (κ1) is 16.5. The summed E-state index contributed by atoms with van der Waals surface area (Å²) in [7, 11) is 0. The standard InChI is InChI=1S/C20H34O2/c1-14(2)7-6-9-18(3)11-12-20(5)17(22-20)8-10-19(4,21)16-13-15(16)18/h7,15-17,21H,6,8-13H2,1-5H3/t15-,16-,17-,18-,19-,20+/m0/s1. The highest BCUT2D eigenvalue weighted by atomic mass is 16.6. The molecule has 0 bridgehead atoms. The van der Waals surface area contributed by atoms with Gasteiger partial charge in [0.2, 0.25) is 0 Å². The average molecular weight is 306 g/mol. The number of fused-ring (bicyclic) bond motifs is 2. The van der Waals surface area contributed by atoms with Crippen LogP contribution in [-0.2, 0) is 4.74 Å². The highest BCUT2D eigenvalue weighted by Gasteiger charge is 2.60. The molecule has 1 saturated heterocycles. The third kappa shape index (κ3) is 3.14. The van der Waals surface area contributed by atoms with E-state index < -0.39 is 5.60 Å². The zero-order chi connectivity index (χ0) is 16.2. The van der Waals surface area contributed by atoms with Crippen molar-refractivity contribution in [1.29, 1.82) is 0 Å². The molecule has 2 saturated carbocycles. The van der Waals surface area contributed by atoms with Crippen LogP contribution in [0.5, 0.6) is 0 Å². The molecular weight excluding hydrogens is 272 g/mol. The predicted octanol–water partition coefficient (Wildman–Crippen LogP) is 4.86. The van der Waals surface area contributed by atoms with Crippen molar-refractivity contribution in [3.8, 4) is 0 Å². The lowest BCUT2D eigenvalue weighted by Gasteiger charge is -2.34. The number of hydrogen-bond acceptors (Lipinski definition) is 2. The minimum Gasteiger partial charge on any atom is -0.390 e. The van der Waals surface area contributed by atoms with Gasteiger partial charge in [0.1, 0.15) is 0 Å². The van der Waals surface area contributed by atoms with Gasteiger partial charge in [0.15, 0.2) is 0 Å². The summed E-state index contributed by atoms with van der Waals surface area (Å²) in [6.45, 7) is 11.2. The normalized spacial score (nSPS) is 50.5. The molecule has 3 fully saturated rings. The quantitative estimate of drug-likeness (QED) is 0.597. The van der Waals surface area contributed by atoms with Gasteiger partial charge >= 0.3 is 0 Å². The third-order valence-corrected chi connectivity index (χ3v) is 6.89. The number of epoxide rings is 1. The predicted molar refractivity (Wildman–Crippen MR) is 90.7 cm³/mol. The summed E-state index contributed by atoms with van der Waals surface area (Å²) in [5.41, 5.74) is 1.38. The van der Waals surface area contributed by atoms with E-state index in [1.807, 2.05) is 0 Å². The number of allylic oxidation sites excluding steroid dienone is 2. The lowest BCUT2D eigenvalue weighted by Crippen LogP contribution is -2.34. The Bertz CT molecular complexity index is 462. The van der Waals surface area contributed by atoms with E-state index in [0.29, 0.717) is 23.4 Å². The van der Waals surface area contributed by atoms with Gasteiger partial charge in [-0.3, -0.25) is 0 Å². The van der Waals surface area contributed by atoms with Crippen molar-refractivity contribution in [1.82, 2.24) is 0 Å². The SMILES string of the molecule is CC(C)=CCC[C@@]1(C)CC[C@@]2(C)O[C@H]2CC[C@](C)(O)[C@H]2C[C@@H]21. The first-order chi connectivity index (χ1) is 10.2. The maximum Gasteiger partial charge on any atom is 0.0920 e. The molecule has 22 heavy (non-hydrogen) atoms. The number of aliphatic hydroxyl groups is 1. The van der Waals surface area contributed by atoms with Crippen LogP contribution in [0.15, 0.2) is 11.6 Å². The summed E-state index contributed by atoms with van der Waals surface area (Å²) in [5.74, 6) is 1.21. The van der Waals surface area contributed by atoms with E-state index >= 15 is 0 Å². The first-order valence-electron chi connectivity index (χ1n) is 9.20. The number of ether oxygens (including phenoxy) is 1. The van der Waals surface area contributed by atoms with Gasteiger partial charge in [0.25, 0.3) is 0 Å². The zero-order valence-corrected chi connectivity index (χ0v) is 15.1. The fourth-order valence-electron chi connectivity index (χ4n) is 4.86. The molecule has 1 aliphatic heterocycles. The average Bonchev–Trinajstić information content (AvgIpc) is 3.28. The Hall–Kier alpha value is -0.340. The second-order valence-electron chi connectivity index (χ2n) is 9.24. The van der Waals surface area contributed by atoms with Gasteiger partial charge < -0.3 is 9.84 Å². The highest BCUT2D eigenvalue weighted by Crippen LogP contribution is 2.62. The minimum atomic E-state index is -0.493. The van der Waals surface area contributed by atoms with Crippen LogP contribution in [0.4, 0.5) is 0 Å². The Morgan fingerprint density at radius 3 is 2.55 bits per heavy atom. The molecular formula is C20H34O2. The molecule has 3 aliphatic rings. The monoisotopic (exact) mass is 306 g/mol. The summed E-state index contributed by atoms with van der Waals surface area (Å²) in [6.07, 6.45) is 10.8. The van der Waals surface area contributed by atoms with Crippen LogP contribution in [0, 0.1) is 17.3 Å². The van der Waals surface area contributed by atoms with Crippen molar-refractivity contribution in [3.05, 3.63) is 11.6 Å². The smallest absolute Gasteiger partial charge is 0.0920 e. The molecule has 2 aliphatic carbocycles. The Labute approximate surface area is 136 Å². The van der Waals surface area contributed by atoms with Crippen LogP contribution in [0.2, 0.25) is 0 Å². The lowest BCUT2D eigenvalue weighted by atomic mass is 9.71. The summed E-state index contributed by atoms with van der Waals surface area (Å²) < 4.78 is 5.99. The van der Waals surface area contributed by atoms with Crippen LogP contribution >= 0.6 is 0 Å². The number of hydrogen-bond donors (Lipinski definition) is 1.